The molecule has 30 heavy (non-hydrogen) atoms. The van der Waals surface area contributed by atoms with E-state index in [9.17, 15) is 9.59 Å². The molecule has 5 nitrogen and oxygen atoms in total. The molecule has 1 N–H and O–H groups in total. The van der Waals surface area contributed by atoms with Crippen LogP contribution in [0.15, 0.2) is 35.7 Å². The van der Waals surface area contributed by atoms with E-state index in [2.05, 4.69) is 31.0 Å². The number of carbonyl (C=O) groups is 2. The van der Waals surface area contributed by atoms with Crippen molar-refractivity contribution in [1.29, 1.82) is 0 Å². The first kappa shape index (κ1) is 23.9. The summed E-state index contributed by atoms with van der Waals surface area (Å²) in [5, 5.41) is 4.99. The van der Waals surface area contributed by atoms with Crippen molar-refractivity contribution in [3.8, 4) is 0 Å². The Morgan fingerprint density at radius 1 is 1.10 bits per heavy atom. The standard InChI is InChI=1S/C24H35N3O2S/c1-6-13-27(24(29)18(7-2)8-3)17-19-15-20(11-12-22(19)26(4)5)25-23(28)16-21-10-9-14-30-21/h9-12,14-15,18H,6-8,13,16-17H2,1-5H3,(H,25,28). The third-order valence-electron chi connectivity index (χ3n) is 5.26. The average Bonchev–Trinajstić information content (AvgIpc) is 3.21. The van der Waals surface area contributed by atoms with Gasteiger partial charge in [-0.2, -0.15) is 0 Å². The smallest absolute Gasteiger partial charge is 0.229 e. The maximum Gasteiger partial charge on any atom is 0.229 e. The van der Waals surface area contributed by atoms with E-state index in [4.69, 9.17) is 0 Å². The van der Waals surface area contributed by atoms with E-state index in [1.165, 1.54) is 0 Å². The lowest BCUT2D eigenvalue weighted by atomic mass is 10.0. The monoisotopic (exact) mass is 429 g/mol. The molecule has 0 fully saturated rings. The highest BCUT2D eigenvalue weighted by atomic mass is 32.1. The Balaban J connectivity index is 2.23. The molecule has 6 heteroatoms. The summed E-state index contributed by atoms with van der Waals surface area (Å²) in [6.45, 7) is 7.53. The molecule has 1 aromatic heterocycles. The number of rotatable bonds is 11. The SMILES string of the molecule is CCCN(Cc1cc(NC(=O)Cc2cccs2)ccc1N(C)C)C(=O)C(CC)CC. The van der Waals surface area contributed by atoms with E-state index in [0.717, 1.165) is 47.6 Å². The summed E-state index contributed by atoms with van der Waals surface area (Å²) in [4.78, 5) is 30.6. The molecule has 0 bridgehead atoms. The fourth-order valence-electron chi connectivity index (χ4n) is 3.64. The number of amides is 2. The zero-order chi connectivity index (χ0) is 22.1. The van der Waals surface area contributed by atoms with E-state index < -0.39 is 0 Å². The van der Waals surface area contributed by atoms with Crippen molar-refractivity contribution in [3.63, 3.8) is 0 Å². The van der Waals surface area contributed by atoms with Crippen LogP contribution in [0.25, 0.3) is 0 Å². The van der Waals surface area contributed by atoms with Crippen LogP contribution < -0.4 is 10.2 Å². The summed E-state index contributed by atoms with van der Waals surface area (Å²) in [6.07, 6.45) is 3.00. The second-order valence-corrected chi connectivity index (χ2v) is 8.85. The van der Waals surface area contributed by atoms with Crippen LogP contribution >= 0.6 is 11.3 Å². The van der Waals surface area contributed by atoms with Crippen molar-refractivity contribution >= 4 is 34.5 Å². The number of carbonyl (C=O) groups excluding carboxylic acids is 2. The molecule has 0 aliphatic rings. The highest BCUT2D eigenvalue weighted by molar-refractivity contribution is 7.10. The Kier molecular flexibility index (Phi) is 9.37. The van der Waals surface area contributed by atoms with Crippen molar-refractivity contribution in [2.24, 2.45) is 5.92 Å². The number of nitrogens with one attached hydrogen (secondary N) is 1. The van der Waals surface area contributed by atoms with Gasteiger partial charge in [0.05, 0.1) is 6.42 Å². The molecule has 0 saturated heterocycles. The fraction of sp³-hybridized carbons (Fsp3) is 0.500. The van der Waals surface area contributed by atoms with Gasteiger partial charge in [-0.05, 0) is 54.5 Å². The molecule has 2 aromatic rings. The van der Waals surface area contributed by atoms with Crippen molar-refractivity contribution in [2.75, 3.05) is 30.9 Å². The number of benzene rings is 1. The van der Waals surface area contributed by atoms with Gasteiger partial charge in [0.25, 0.3) is 0 Å². The van der Waals surface area contributed by atoms with Crippen LogP contribution in [-0.2, 0) is 22.6 Å². The van der Waals surface area contributed by atoms with Gasteiger partial charge in [-0.3, -0.25) is 9.59 Å². The van der Waals surface area contributed by atoms with Crippen LogP contribution in [0.5, 0.6) is 0 Å². The Bertz CT molecular complexity index is 814. The third-order valence-corrected chi connectivity index (χ3v) is 6.14. The van der Waals surface area contributed by atoms with Crippen LogP contribution in [-0.4, -0.2) is 37.4 Å². The first-order chi connectivity index (χ1) is 14.4. The Morgan fingerprint density at radius 2 is 1.83 bits per heavy atom. The Labute approximate surface area is 185 Å². The highest BCUT2D eigenvalue weighted by Gasteiger charge is 2.22. The molecule has 0 radical (unpaired) electrons. The molecule has 0 aliphatic heterocycles. The van der Waals surface area contributed by atoms with Crippen LogP contribution in [0, 0.1) is 5.92 Å². The zero-order valence-electron chi connectivity index (χ0n) is 18.9. The van der Waals surface area contributed by atoms with Crippen LogP contribution in [0.1, 0.15) is 50.5 Å². The van der Waals surface area contributed by atoms with Gasteiger partial charge in [0.1, 0.15) is 0 Å². The molecule has 2 amide bonds. The molecule has 164 valence electrons. The van der Waals surface area contributed by atoms with E-state index in [1.54, 1.807) is 11.3 Å². The van der Waals surface area contributed by atoms with Gasteiger partial charge in [-0.1, -0.05) is 26.8 Å². The maximum absolute atomic E-state index is 13.1. The summed E-state index contributed by atoms with van der Waals surface area (Å²) in [6, 6.07) is 9.87. The summed E-state index contributed by atoms with van der Waals surface area (Å²) < 4.78 is 0. The molecule has 0 unspecified atom stereocenters. The molecule has 0 spiro atoms. The minimum atomic E-state index is -0.0282. The minimum absolute atomic E-state index is 0.0282. The third kappa shape index (κ3) is 6.59. The van der Waals surface area contributed by atoms with Gasteiger partial charge in [-0.15, -0.1) is 11.3 Å². The van der Waals surface area contributed by atoms with E-state index in [-0.39, 0.29) is 17.7 Å². The summed E-state index contributed by atoms with van der Waals surface area (Å²) >= 11 is 1.58. The first-order valence-corrected chi connectivity index (χ1v) is 11.7. The summed E-state index contributed by atoms with van der Waals surface area (Å²) in [5.41, 5.74) is 2.87. The van der Waals surface area contributed by atoms with Crippen molar-refractivity contribution < 1.29 is 9.59 Å². The summed E-state index contributed by atoms with van der Waals surface area (Å²) in [5.74, 6) is 0.256. The number of thiophene rings is 1. The Hall–Kier alpha value is -2.34. The predicted molar refractivity (Wildman–Crippen MR) is 127 cm³/mol. The van der Waals surface area contributed by atoms with Crippen molar-refractivity contribution in [3.05, 3.63) is 46.2 Å². The Morgan fingerprint density at radius 3 is 2.40 bits per heavy atom. The number of hydrogen-bond donors (Lipinski definition) is 1. The van der Waals surface area contributed by atoms with Crippen molar-refractivity contribution in [2.45, 2.75) is 53.0 Å². The lowest BCUT2D eigenvalue weighted by Gasteiger charge is -2.28. The van der Waals surface area contributed by atoms with E-state index >= 15 is 0 Å². The summed E-state index contributed by atoms with van der Waals surface area (Å²) in [7, 11) is 4.00. The topological polar surface area (TPSA) is 52.7 Å². The van der Waals surface area contributed by atoms with Gasteiger partial charge in [-0.25, -0.2) is 0 Å². The lowest BCUT2D eigenvalue weighted by molar-refractivity contribution is -0.136. The largest absolute Gasteiger partial charge is 0.377 e. The normalized spacial score (nSPS) is 10.9. The molecular weight excluding hydrogens is 394 g/mol. The van der Waals surface area contributed by atoms with Gasteiger partial charge < -0.3 is 15.1 Å². The molecular formula is C24H35N3O2S. The van der Waals surface area contributed by atoms with E-state index in [0.29, 0.717) is 13.0 Å². The molecule has 1 aromatic carbocycles. The zero-order valence-corrected chi connectivity index (χ0v) is 19.7. The van der Waals surface area contributed by atoms with Crippen LogP contribution in [0.2, 0.25) is 0 Å². The van der Waals surface area contributed by atoms with Gasteiger partial charge in [0.2, 0.25) is 11.8 Å². The number of nitrogens with zero attached hydrogens (tertiary/aromatic N) is 2. The molecule has 1 heterocycles. The number of hydrogen-bond acceptors (Lipinski definition) is 4. The molecule has 0 aliphatic carbocycles. The van der Waals surface area contributed by atoms with Gasteiger partial charge in [0.15, 0.2) is 0 Å². The van der Waals surface area contributed by atoms with E-state index in [1.807, 2.05) is 54.7 Å². The highest BCUT2D eigenvalue weighted by Crippen LogP contribution is 2.26. The fourth-order valence-corrected chi connectivity index (χ4v) is 4.35. The van der Waals surface area contributed by atoms with Crippen LogP contribution in [0.4, 0.5) is 11.4 Å². The van der Waals surface area contributed by atoms with Crippen molar-refractivity contribution in [1.82, 2.24) is 4.90 Å². The number of anilines is 2. The first-order valence-electron chi connectivity index (χ1n) is 10.8. The second-order valence-electron chi connectivity index (χ2n) is 7.82. The quantitative estimate of drug-likeness (QED) is 0.536. The molecule has 2 rings (SSSR count). The minimum Gasteiger partial charge on any atom is -0.377 e. The van der Waals surface area contributed by atoms with Crippen LogP contribution in [0.3, 0.4) is 0 Å². The molecule has 0 atom stereocenters. The average molecular weight is 430 g/mol. The predicted octanol–water partition coefficient (Wildman–Crippen LogP) is 5.17. The lowest BCUT2D eigenvalue weighted by Crippen LogP contribution is -2.36. The van der Waals surface area contributed by atoms with Gasteiger partial charge >= 0.3 is 0 Å². The van der Waals surface area contributed by atoms with Gasteiger partial charge in [0, 0.05) is 49.4 Å². The second kappa shape index (κ2) is 11.7. The maximum atomic E-state index is 13.1. The molecule has 0 saturated carbocycles.